The number of fused-ring (bicyclic) bond motifs is 1. The molecule has 2 fully saturated rings. The number of carbonyl (C=O) groups is 2. The highest BCUT2D eigenvalue weighted by Crippen LogP contribution is 2.21. The maximum atomic E-state index is 12.4. The Morgan fingerprint density at radius 2 is 1.73 bits per heavy atom. The van der Waals surface area contributed by atoms with E-state index in [1.54, 1.807) is 4.90 Å². The summed E-state index contributed by atoms with van der Waals surface area (Å²) in [6, 6.07) is 14.9. The second kappa shape index (κ2) is 7.68. The number of thioether (sulfide) groups is 1. The molecule has 136 valence electrons. The van der Waals surface area contributed by atoms with Gasteiger partial charge in [-0.1, -0.05) is 54.2 Å². The summed E-state index contributed by atoms with van der Waals surface area (Å²) in [6.45, 7) is 5.04. The molecule has 0 bridgehead atoms. The zero-order chi connectivity index (χ0) is 17.9. The van der Waals surface area contributed by atoms with E-state index in [4.69, 9.17) is 0 Å². The first-order valence-electron chi connectivity index (χ1n) is 9.09. The lowest BCUT2D eigenvalue weighted by Gasteiger charge is -2.35. The van der Waals surface area contributed by atoms with Crippen LogP contribution in [0.1, 0.15) is 5.56 Å². The molecule has 2 saturated heterocycles. The van der Waals surface area contributed by atoms with E-state index in [0.29, 0.717) is 6.54 Å². The van der Waals surface area contributed by atoms with Crippen molar-refractivity contribution >= 4 is 33.7 Å². The summed E-state index contributed by atoms with van der Waals surface area (Å²) in [6.07, 6.45) is 0. The van der Waals surface area contributed by atoms with Crippen molar-refractivity contribution in [3.8, 4) is 0 Å². The molecule has 2 heterocycles. The van der Waals surface area contributed by atoms with Gasteiger partial charge in [0.2, 0.25) is 5.91 Å². The van der Waals surface area contributed by atoms with E-state index < -0.39 is 0 Å². The molecule has 0 unspecified atom stereocenters. The van der Waals surface area contributed by atoms with E-state index in [1.807, 2.05) is 4.90 Å². The molecule has 0 spiro atoms. The Hall–Kier alpha value is -2.05. The molecule has 0 N–H and O–H groups in total. The van der Waals surface area contributed by atoms with Crippen LogP contribution in [0.3, 0.4) is 0 Å². The smallest absolute Gasteiger partial charge is 0.282 e. The fraction of sp³-hybridized carbons (Fsp3) is 0.400. The van der Waals surface area contributed by atoms with E-state index in [-0.39, 0.29) is 17.7 Å². The molecule has 0 saturated carbocycles. The molecule has 0 atom stereocenters. The Bertz CT molecular complexity index is 812. The fourth-order valence-electron chi connectivity index (χ4n) is 3.66. The average Bonchev–Trinajstić information content (AvgIpc) is 3.07. The third-order valence-electron chi connectivity index (χ3n) is 5.17. The molecule has 26 heavy (non-hydrogen) atoms. The first-order chi connectivity index (χ1) is 12.7. The van der Waals surface area contributed by atoms with Gasteiger partial charge in [0.15, 0.2) is 0 Å². The van der Waals surface area contributed by atoms with Crippen LogP contribution in [-0.4, -0.2) is 70.9 Å². The van der Waals surface area contributed by atoms with Gasteiger partial charge in [-0.2, -0.15) is 0 Å². The molecule has 0 aromatic heterocycles. The number of rotatable bonds is 4. The number of nitrogens with zero attached hydrogens (tertiary/aromatic N) is 3. The highest BCUT2D eigenvalue weighted by atomic mass is 32.2. The van der Waals surface area contributed by atoms with Crippen LogP contribution >= 0.6 is 11.8 Å². The Morgan fingerprint density at radius 1 is 0.962 bits per heavy atom. The zero-order valence-electron chi connectivity index (χ0n) is 14.8. The summed E-state index contributed by atoms with van der Waals surface area (Å²) in [5, 5.41) is 2.61. The van der Waals surface area contributed by atoms with Crippen molar-refractivity contribution in [3.63, 3.8) is 0 Å². The van der Waals surface area contributed by atoms with Crippen LogP contribution in [0.15, 0.2) is 42.5 Å². The van der Waals surface area contributed by atoms with Crippen LogP contribution in [0.2, 0.25) is 0 Å². The quantitative estimate of drug-likeness (QED) is 0.831. The monoisotopic (exact) mass is 369 g/mol. The van der Waals surface area contributed by atoms with E-state index >= 15 is 0 Å². The van der Waals surface area contributed by atoms with Crippen LogP contribution in [0.5, 0.6) is 0 Å². The Labute approximate surface area is 157 Å². The van der Waals surface area contributed by atoms with E-state index in [1.165, 1.54) is 28.1 Å². The van der Waals surface area contributed by atoms with Gasteiger partial charge in [-0.3, -0.25) is 14.5 Å². The van der Waals surface area contributed by atoms with Gasteiger partial charge in [0, 0.05) is 45.0 Å². The molecule has 0 aliphatic carbocycles. The molecular weight excluding hydrogens is 346 g/mol. The Balaban J connectivity index is 1.33. The predicted molar refractivity (Wildman–Crippen MR) is 105 cm³/mol. The third-order valence-corrected chi connectivity index (χ3v) is 6.06. The maximum absolute atomic E-state index is 12.4. The minimum Gasteiger partial charge on any atom is -0.339 e. The van der Waals surface area contributed by atoms with Crippen LogP contribution in [0, 0.1) is 0 Å². The summed E-state index contributed by atoms with van der Waals surface area (Å²) in [4.78, 5) is 30.1. The van der Waals surface area contributed by atoms with E-state index in [0.717, 1.165) is 38.5 Å². The standard InChI is InChI=1S/C20H23N3O2S/c24-19(15-23-12-13-26-20(23)25)22-10-8-21(9-11-22)14-17-6-3-5-16-4-1-2-7-18(16)17/h1-7H,8-15H2. The lowest BCUT2D eigenvalue weighted by molar-refractivity contribution is -0.133. The van der Waals surface area contributed by atoms with Gasteiger partial charge >= 0.3 is 0 Å². The largest absolute Gasteiger partial charge is 0.339 e. The van der Waals surface area contributed by atoms with Crippen molar-refractivity contribution in [2.45, 2.75) is 6.54 Å². The SMILES string of the molecule is O=C(CN1CCSC1=O)N1CCN(Cc2cccc3ccccc23)CC1. The summed E-state index contributed by atoms with van der Waals surface area (Å²) in [7, 11) is 0. The van der Waals surface area contributed by atoms with Gasteiger partial charge < -0.3 is 9.80 Å². The molecule has 2 aliphatic rings. The van der Waals surface area contributed by atoms with Gasteiger partial charge in [0.05, 0.1) is 0 Å². The number of piperazine rings is 1. The van der Waals surface area contributed by atoms with Crippen molar-refractivity contribution in [3.05, 3.63) is 48.0 Å². The maximum Gasteiger partial charge on any atom is 0.282 e. The molecule has 2 aliphatic heterocycles. The summed E-state index contributed by atoms with van der Waals surface area (Å²) in [5.74, 6) is 0.871. The predicted octanol–water partition coefficient (Wildman–Crippen LogP) is 2.65. The first kappa shape index (κ1) is 17.4. The van der Waals surface area contributed by atoms with Crippen molar-refractivity contribution < 1.29 is 9.59 Å². The van der Waals surface area contributed by atoms with Crippen LogP contribution in [-0.2, 0) is 11.3 Å². The Kier molecular flexibility index (Phi) is 5.13. The molecule has 2 aromatic carbocycles. The number of hydrogen-bond acceptors (Lipinski definition) is 4. The minimum absolute atomic E-state index is 0.0351. The molecule has 4 rings (SSSR count). The van der Waals surface area contributed by atoms with Crippen molar-refractivity contribution in [2.75, 3.05) is 45.0 Å². The van der Waals surface area contributed by atoms with Gasteiger partial charge in [-0.15, -0.1) is 0 Å². The van der Waals surface area contributed by atoms with Crippen molar-refractivity contribution in [1.82, 2.24) is 14.7 Å². The number of amides is 2. The van der Waals surface area contributed by atoms with Crippen LogP contribution < -0.4 is 0 Å². The topological polar surface area (TPSA) is 43.9 Å². The lowest BCUT2D eigenvalue weighted by Crippen LogP contribution is -2.50. The van der Waals surface area contributed by atoms with Gasteiger partial charge in [-0.05, 0) is 16.3 Å². The summed E-state index contributed by atoms with van der Waals surface area (Å²) >= 11 is 1.30. The number of benzene rings is 2. The van der Waals surface area contributed by atoms with Crippen LogP contribution in [0.4, 0.5) is 4.79 Å². The zero-order valence-corrected chi connectivity index (χ0v) is 15.6. The third kappa shape index (κ3) is 3.71. The first-order valence-corrected chi connectivity index (χ1v) is 10.1. The van der Waals surface area contributed by atoms with E-state index in [9.17, 15) is 9.59 Å². The lowest BCUT2D eigenvalue weighted by atomic mass is 10.0. The second-order valence-corrected chi connectivity index (χ2v) is 7.88. The molecular formula is C20H23N3O2S. The highest BCUT2D eigenvalue weighted by Gasteiger charge is 2.27. The van der Waals surface area contributed by atoms with Crippen molar-refractivity contribution in [2.24, 2.45) is 0 Å². The Morgan fingerprint density at radius 3 is 2.50 bits per heavy atom. The summed E-state index contributed by atoms with van der Waals surface area (Å²) in [5.41, 5.74) is 1.34. The van der Waals surface area contributed by atoms with E-state index in [2.05, 4.69) is 47.4 Å². The number of carbonyl (C=O) groups excluding carboxylic acids is 2. The molecule has 5 nitrogen and oxygen atoms in total. The van der Waals surface area contributed by atoms with Gasteiger partial charge in [0.1, 0.15) is 6.54 Å². The minimum atomic E-state index is 0.0351. The van der Waals surface area contributed by atoms with Crippen molar-refractivity contribution in [1.29, 1.82) is 0 Å². The number of hydrogen-bond donors (Lipinski definition) is 0. The second-order valence-electron chi connectivity index (χ2n) is 6.83. The average molecular weight is 369 g/mol. The van der Waals surface area contributed by atoms with Crippen LogP contribution in [0.25, 0.3) is 10.8 Å². The highest BCUT2D eigenvalue weighted by molar-refractivity contribution is 8.13. The molecule has 2 aromatic rings. The fourth-order valence-corrected chi connectivity index (χ4v) is 4.48. The normalized spacial score (nSPS) is 18.7. The molecule has 6 heteroatoms. The molecule has 0 radical (unpaired) electrons. The van der Waals surface area contributed by atoms with Gasteiger partial charge in [-0.25, -0.2) is 0 Å². The molecule has 2 amide bonds. The van der Waals surface area contributed by atoms with Gasteiger partial charge in [0.25, 0.3) is 5.24 Å². The summed E-state index contributed by atoms with van der Waals surface area (Å²) < 4.78 is 0.